The van der Waals surface area contributed by atoms with E-state index < -0.39 is 11.6 Å². The van der Waals surface area contributed by atoms with E-state index in [1.807, 2.05) is 0 Å². The van der Waals surface area contributed by atoms with Gasteiger partial charge in [0.2, 0.25) is 0 Å². The molecule has 4 heteroatoms. The molecule has 0 bridgehead atoms. The summed E-state index contributed by atoms with van der Waals surface area (Å²) in [6, 6.07) is 6.78. The van der Waals surface area contributed by atoms with Gasteiger partial charge in [-0.2, -0.15) is 0 Å². The fraction of sp³-hybridized carbons (Fsp3) is 0. The molecule has 0 spiro atoms. The molecule has 0 aliphatic heterocycles. The molecule has 1 aromatic carbocycles. The molecule has 0 saturated carbocycles. The van der Waals surface area contributed by atoms with Gasteiger partial charge in [0.25, 0.3) is 0 Å². The third-order valence-corrected chi connectivity index (χ3v) is 2.37. The first kappa shape index (κ1) is 10.2. The number of benzene rings is 1. The van der Waals surface area contributed by atoms with Crippen molar-refractivity contribution in [3.63, 3.8) is 0 Å². The minimum Gasteiger partial charge on any atom is -0.256 e. The van der Waals surface area contributed by atoms with Gasteiger partial charge in [0.15, 0.2) is 0 Å². The molecule has 76 valence electrons. The fourth-order valence-electron chi connectivity index (χ4n) is 1.26. The van der Waals surface area contributed by atoms with Crippen molar-refractivity contribution in [2.75, 3.05) is 0 Å². The Balaban J connectivity index is 2.54. The maximum Gasteiger partial charge on any atom is 0.126 e. The van der Waals surface area contributed by atoms with Crippen LogP contribution in [0.3, 0.4) is 0 Å². The lowest BCUT2D eigenvalue weighted by Crippen LogP contribution is -1.86. The highest BCUT2D eigenvalue weighted by atomic mass is 79.9. The predicted molar refractivity (Wildman–Crippen MR) is 57.3 cm³/mol. The maximum absolute atomic E-state index is 12.9. The second-order valence-electron chi connectivity index (χ2n) is 3.02. The number of aromatic nitrogens is 1. The minimum absolute atomic E-state index is 0.425. The monoisotopic (exact) mass is 269 g/mol. The summed E-state index contributed by atoms with van der Waals surface area (Å²) in [6.45, 7) is 0. The van der Waals surface area contributed by atoms with Crippen LogP contribution >= 0.6 is 15.9 Å². The van der Waals surface area contributed by atoms with Gasteiger partial charge in [0.1, 0.15) is 11.6 Å². The Kier molecular flexibility index (Phi) is 2.77. The van der Waals surface area contributed by atoms with E-state index in [1.54, 1.807) is 18.3 Å². The van der Waals surface area contributed by atoms with Gasteiger partial charge in [0, 0.05) is 22.3 Å². The molecule has 0 atom stereocenters. The van der Waals surface area contributed by atoms with Crippen LogP contribution in [-0.4, -0.2) is 4.98 Å². The number of nitrogens with zero attached hydrogens (tertiary/aromatic N) is 1. The summed E-state index contributed by atoms with van der Waals surface area (Å²) in [6.07, 6.45) is 1.57. The number of hydrogen-bond donors (Lipinski definition) is 0. The molecule has 0 N–H and O–H groups in total. The van der Waals surface area contributed by atoms with Crippen molar-refractivity contribution in [2.45, 2.75) is 0 Å². The zero-order valence-electron chi connectivity index (χ0n) is 7.55. The number of pyridine rings is 1. The number of rotatable bonds is 1. The van der Waals surface area contributed by atoms with Gasteiger partial charge in [-0.05, 0) is 24.3 Å². The van der Waals surface area contributed by atoms with E-state index in [4.69, 9.17) is 0 Å². The molecule has 0 saturated heterocycles. The normalized spacial score (nSPS) is 10.3. The molecule has 0 amide bonds. The highest BCUT2D eigenvalue weighted by molar-refractivity contribution is 9.10. The summed E-state index contributed by atoms with van der Waals surface area (Å²) in [7, 11) is 0. The van der Waals surface area contributed by atoms with Crippen LogP contribution in [0.15, 0.2) is 41.0 Å². The van der Waals surface area contributed by atoms with Gasteiger partial charge in [-0.1, -0.05) is 15.9 Å². The second kappa shape index (κ2) is 4.06. The Morgan fingerprint density at radius 3 is 2.27 bits per heavy atom. The molecule has 0 aliphatic carbocycles. The van der Waals surface area contributed by atoms with E-state index >= 15 is 0 Å². The SMILES string of the molecule is Fc1cc(F)cc(-c2cc(Br)ccn2)c1. The van der Waals surface area contributed by atoms with E-state index in [2.05, 4.69) is 20.9 Å². The van der Waals surface area contributed by atoms with Gasteiger partial charge in [0.05, 0.1) is 5.69 Å². The van der Waals surface area contributed by atoms with Crippen molar-refractivity contribution in [2.24, 2.45) is 0 Å². The van der Waals surface area contributed by atoms with Crippen LogP contribution < -0.4 is 0 Å². The molecule has 1 aromatic heterocycles. The lowest BCUT2D eigenvalue weighted by Gasteiger charge is -2.01. The average Bonchev–Trinajstić information content (AvgIpc) is 2.16. The number of halogens is 3. The summed E-state index contributed by atoms with van der Waals surface area (Å²) in [5, 5.41) is 0. The zero-order valence-corrected chi connectivity index (χ0v) is 9.13. The molecule has 0 fully saturated rings. The third-order valence-electron chi connectivity index (χ3n) is 1.88. The second-order valence-corrected chi connectivity index (χ2v) is 3.93. The largest absolute Gasteiger partial charge is 0.256 e. The summed E-state index contributed by atoms with van der Waals surface area (Å²) in [5.41, 5.74) is 0.955. The van der Waals surface area contributed by atoms with E-state index in [0.29, 0.717) is 11.3 Å². The molecule has 1 heterocycles. The van der Waals surface area contributed by atoms with Crippen molar-refractivity contribution in [3.05, 3.63) is 52.6 Å². The Bertz CT molecular complexity index is 479. The molecular weight excluding hydrogens is 264 g/mol. The van der Waals surface area contributed by atoms with Gasteiger partial charge in [-0.15, -0.1) is 0 Å². The van der Waals surface area contributed by atoms with Crippen molar-refractivity contribution < 1.29 is 8.78 Å². The van der Waals surface area contributed by atoms with Crippen molar-refractivity contribution >= 4 is 15.9 Å². The van der Waals surface area contributed by atoms with Gasteiger partial charge < -0.3 is 0 Å². The first-order valence-electron chi connectivity index (χ1n) is 4.23. The topological polar surface area (TPSA) is 12.9 Å². The maximum atomic E-state index is 12.9. The van der Waals surface area contributed by atoms with Crippen LogP contribution in [0.5, 0.6) is 0 Å². The molecule has 0 aliphatic rings. The van der Waals surface area contributed by atoms with Gasteiger partial charge in [-0.25, -0.2) is 8.78 Å². The lowest BCUT2D eigenvalue weighted by atomic mass is 10.1. The Morgan fingerprint density at radius 2 is 1.67 bits per heavy atom. The smallest absolute Gasteiger partial charge is 0.126 e. The minimum atomic E-state index is -0.605. The van der Waals surface area contributed by atoms with Crippen LogP contribution in [-0.2, 0) is 0 Å². The predicted octanol–water partition coefficient (Wildman–Crippen LogP) is 3.79. The van der Waals surface area contributed by atoms with Crippen molar-refractivity contribution in [3.8, 4) is 11.3 Å². The zero-order chi connectivity index (χ0) is 10.8. The Morgan fingerprint density at radius 1 is 1.00 bits per heavy atom. The van der Waals surface area contributed by atoms with Crippen LogP contribution in [0, 0.1) is 11.6 Å². The summed E-state index contributed by atoms with van der Waals surface area (Å²) in [4.78, 5) is 4.03. The first-order valence-corrected chi connectivity index (χ1v) is 5.02. The van der Waals surface area contributed by atoms with E-state index in [-0.39, 0.29) is 0 Å². The summed E-state index contributed by atoms with van der Waals surface area (Å²) >= 11 is 3.27. The molecule has 2 aromatic rings. The molecule has 15 heavy (non-hydrogen) atoms. The van der Waals surface area contributed by atoms with Gasteiger partial charge >= 0.3 is 0 Å². The van der Waals surface area contributed by atoms with E-state index in [0.717, 1.165) is 10.5 Å². The highest BCUT2D eigenvalue weighted by Gasteiger charge is 2.04. The lowest BCUT2D eigenvalue weighted by molar-refractivity contribution is 0.584. The molecule has 2 rings (SSSR count). The van der Waals surface area contributed by atoms with Crippen LogP contribution in [0.4, 0.5) is 8.78 Å². The Labute approximate surface area is 93.9 Å². The molecule has 0 radical (unpaired) electrons. The van der Waals surface area contributed by atoms with Crippen molar-refractivity contribution in [1.29, 1.82) is 0 Å². The summed E-state index contributed by atoms with van der Waals surface area (Å²) in [5.74, 6) is -1.21. The summed E-state index contributed by atoms with van der Waals surface area (Å²) < 4.78 is 26.7. The first-order chi connectivity index (χ1) is 7.15. The van der Waals surface area contributed by atoms with Gasteiger partial charge in [-0.3, -0.25) is 4.98 Å². The third kappa shape index (κ3) is 2.39. The molecule has 1 nitrogen and oxygen atoms in total. The van der Waals surface area contributed by atoms with E-state index in [9.17, 15) is 8.78 Å². The molecule has 0 unspecified atom stereocenters. The number of hydrogen-bond acceptors (Lipinski definition) is 1. The van der Waals surface area contributed by atoms with Crippen LogP contribution in [0.25, 0.3) is 11.3 Å². The quantitative estimate of drug-likeness (QED) is 0.768. The van der Waals surface area contributed by atoms with E-state index in [1.165, 1.54) is 12.1 Å². The van der Waals surface area contributed by atoms with Crippen LogP contribution in [0.2, 0.25) is 0 Å². The molecular formula is C11H6BrF2N. The highest BCUT2D eigenvalue weighted by Crippen LogP contribution is 2.22. The van der Waals surface area contributed by atoms with Crippen molar-refractivity contribution in [1.82, 2.24) is 4.98 Å². The Hall–Kier alpha value is -1.29. The fourth-order valence-corrected chi connectivity index (χ4v) is 1.60. The standard InChI is InChI=1S/C11H6BrF2N/c12-8-1-2-15-11(5-8)7-3-9(13)6-10(14)4-7/h1-6H. The average molecular weight is 270 g/mol. The van der Waals surface area contributed by atoms with Crippen LogP contribution in [0.1, 0.15) is 0 Å².